The highest BCUT2D eigenvalue weighted by atomic mass is 16.2. The number of aromatic nitrogens is 2. The maximum absolute atomic E-state index is 11.8. The number of H-pyrrole nitrogens is 1. The molecule has 0 aliphatic carbocycles. The van der Waals surface area contributed by atoms with Gasteiger partial charge in [-0.2, -0.15) is 0 Å². The van der Waals surface area contributed by atoms with Crippen molar-refractivity contribution in [3.63, 3.8) is 0 Å². The van der Waals surface area contributed by atoms with Gasteiger partial charge in [-0.1, -0.05) is 13.3 Å². The van der Waals surface area contributed by atoms with E-state index in [1.54, 1.807) is 0 Å². The molecule has 0 unspecified atom stereocenters. The van der Waals surface area contributed by atoms with E-state index in [2.05, 4.69) is 16.2 Å². The molecule has 0 amide bonds. The molecule has 0 aliphatic heterocycles. The fraction of sp³-hybridized carbons (Fsp3) is 0.571. The van der Waals surface area contributed by atoms with Crippen LogP contribution in [0.3, 0.4) is 0 Å². The van der Waals surface area contributed by atoms with Crippen molar-refractivity contribution < 1.29 is 0 Å². The van der Waals surface area contributed by atoms with Crippen molar-refractivity contribution in [1.29, 1.82) is 0 Å². The maximum Gasteiger partial charge on any atom is 0.330 e. The molecule has 4 N–H and O–H groups in total. The molecule has 0 spiro atoms. The quantitative estimate of drug-likeness (QED) is 0.491. The molecule has 110 valence electrons. The Kier molecular flexibility index (Phi) is 6.44. The van der Waals surface area contributed by atoms with Gasteiger partial charge in [0.25, 0.3) is 5.56 Å². The number of rotatable bonds is 8. The second kappa shape index (κ2) is 8.10. The number of hydrogen-bond donors (Lipinski definition) is 3. The largest absolute Gasteiger partial charge is 0.383 e. The molecule has 0 atom stereocenters. The first-order chi connectivity index (χ1) is 9.61. The lowest BCUT2D eigenvalue weighted by Crippen LogP contribution is -2.34. The van der Waals surface area contributed by atoms with Gasteiger partial charge in [0.05, 0.1) is 0 Å². The molecular formula is C14H22N4O2. The Labute approximate surface area is 118 Å². The van der Waals surface area contributed by atoms with E-state index in [4.69, 9.17) is 12.2 Å². The van der Waals surface area contributed by atoms with Crippen LogP contribution in [0.2, 0.25) is 0 Å². The van der Waals surface area contributed by atoms with Gasteiger partial charge in [0, 0.05) is 19.5 Å². The van der Waals surface area contributed by atoms with E-state index >= 15 is 0 Å². The van der Waals surface area contributed by atoms with Gasteiger partial charge in [0.1, 0.15) is 11.5 Å². The summed E-state index contributed by atoms with van der Waals surface area (Å²) in [4.78, 5) is 25.8. The fourth-order valence-electron chi connectivity index (χ4n) is 1.86. The van der Waals surface area contributed by atoms with Crippen molar-refractivity contribution in [3.05, 3.63) is 20.8 Å². The summed E-state index contributed by atoms with van der Waals surface area (Å²) in [5.74, 6) is 2.76. The van der Waals surface area contributed by atoms with E-state index in [-0.39, 0.29) is 11.5 Å². The Hall–Kier alpha value is -2.16. The Morgan fingerprint density at radius 2 is 2.10 bits per heavy atom. The van der Waals surface area contributed by atoms with Crippen LogP contribution in [0.1, 0.15) is 39.0 Å². The van der Waals surface area contributed by atoms with Gasteiger partial charge >= 0.3 is 5.69 Å². The average Bonchev–Trinajstić information content (AvgIpc) is 2.41. The summed E-state index contributed by atoms with van der Waals surface area (Å²) in [7, 11) is 0. The SMILES string of the molecule is C#CCCCCNc1c(N)n(CCCC)c(=O)[nH]c1=O. The Balaban J connectivity index is 2.82. The summed E-state index contributed by atoms with van der Waals surface area (Å²) in [6, 6.07) is 0. The summed E-state index contributed by atoms with van der Waals surface area (Å²) in [6.07, 6.45) is 9.39. The predicted octanol–water partition coefficient (Wildman–Crippen LogP) is 1.13. The molecule has 1 heterocycles. The van der Waals surface area contributed by atoms with Crippen molar-refractivity contribution in [3.8, 4) is 12.3 Å². The molecular weight excluding hydrogens is 256 g/mol. The molecule has 0 fully saturated rings. The van der Waals surface area contributed by atoms with Crippen LogP contribution in [0.15, 0.2) is 9.59 Å². The van der Waals surface area contributed by atoms with Gasteiger partial charge in [-0.25, -0.2) is 4.79 Å². The first-order valence-electron chi connectivity index (χ1n) is 6.91. The van der Waals surface area contributed by atoms with Crippen LogP contribution < -0.4 is 22.3 Å². The van der Waals surface area contributed by atoms with Gasteiger partial charge in [-0.15, -0.1) is 12.3 Å². The molecule has 20 heavy (non-hydrogen) atoms. The van der Waals surface area contributed by atoms with Gasteiger partial charge in [0.15, 0.2) is 0 Å². The van der Waals surface area contributed by atoms with E-state index < -0.39 is 11.2 Å². The average molecular weight is 278 g/mol. The molecule has 6 nitrogen and oxygen atoms in total. The van der Waals surface area contributed by atoms with Crippen molar-refractivity contribution >= 4 is 11.5 Å². The minimum Gasteiger partial charge on any atom is -0.383 e. The minimum absolute atomic E-state index is 0.198. The second-order valence-corrected chi connectivity index (χ2v) is 4.61. The van der Waals surface area contributed by atoms with Crippen molar-refractivity contribution in [2.75, 3.05) is 17.6 Å². The number of nitrogens with zero attached hydrogens (tertiary/aromatic N) is 1. The van der Waals surface area contributed by atoms with E-state index in [1.807, 2.05) is 6.92 Å². The first-order valence-corrected chi connectivity index (χ1v) is 6.91. The third-order valence-corrected chi connectivity index (χ3v) is 3.02. The van der Waals surface area contributed by atoms with Crippen LogP contribution in [0.4, 0.5) is 11.5 Å². The van der Waals surface area contributed by atoms with Crippen molar-refractivity contribution in [1.82, 2.24) is 9.55 Å². The van der Waals surface area contributed by atoms with Crippen LogP contribution in [0.25, 0.3) is 0 Å². The topological polar surface area (TPSA) is 92.9 Å². The number of terminal acetylenes is 1. The third-order valence-electron chi connectivity index (χ3n) is 3.02. The molecule has 0 radical (unpaired) electrons. The molecule has 0 saturated carbocycles. The van der Waals surface area contributed by atoms with Crippen molar-refractivity contribution in [2.24, 2.45) is 0 Å². The summed E-state index contributed by atoms with van der Waals surface area (Å²) < 4.78 is 1.40. The molecule has 1 aromatic rings. The lowest BCUT2D eigenvalue weighted by molar-refractivity contribution is 0.605. The highest BCUT2D eigenvalue weighted by Gasteiger charge is 2.11. The van der Waals surface area contributed by atoms with E-state index in [0.29, 0.717) is 19.5 Å². The van der Waals surface area contributed by atoms with Gasteiger partial charge in [-0.3, -0.25) is 14.3 Å². The molecule has 6 heteroatoms. The zero-order valence-electron chi connectivity index (χ0n) is 11.9. The highest BCUT2D eigenvalue weighted by molar-refractivity contribution is 5.60. The molecule has 1 rings (SSSR count). The smallest absolute Gasteiger partial charge is 0.330 e. The number of unbranched alkanes of at least 4 members (excludes halogenated alkanes) is 3. The number of aromatic amines is 1. The van der Waals surface area contributed by atoms with E-state index in [1.165, 1.54) is 4.57 Å². The zero-order chi connectivity index (χ0) is 15.0. The van der Waals surface area contributed by atoms with Crippen molar-refractivity contribution in [2.45, 2.75) is 45.6 Å². The number of hydrogen-bond acceptors (Lipinski definition) is 4. The number of nitrogens with one attached hydrogen (secondary N) is 2. The zero-order valence-corrected chi connectivity index (χ0v) is 11.9. The van der Waals surface area contributed by atoms with Gasteiger partial charge < -0.3 is 11.1 Å². The normalized spacial score (nSPS) is 10.2. The van der Waals surface area contributed by atoms with Gasteiger partial charge in [-0.05, 0) is 19.3 Å². The lowest BCUT2D eigenvalue weighted by atomic mass is 10.2. The number of nitrogens with two attached hydrogens (primary N) is 1. The van der Waals surface area contributed by atoms with Crippen LogP contribution in [0, 0.1) is 12.3 Å². The Morgan fingerprint density at radius 3 is 2.75 bits per heavy atom. The standard InChI is InChI=1S/C14H22N4O2/c1-3-5-7-8-9-16-11-12(15)18(10-6-4-2)14(20)17-13(11)19/h1,16H,4-10,15H2,2H3,(H,17,19,20). The second-order valence-electron chi connectivity index (χ2n) is 4.61. The third kappa shape index (κ3) is 4.19. The summed E-state index contributed by atoms with van der Waals surface area (Å²) >= 11 is 0. The fourth-order valence-corrected chi connectivity index (χ4v) is 1.86. The predicted molar refractivity (Wildman–Crippen MR) is 81.8 cm³/mol. The number of anilines is 2. The summed E-state index contributed by atoms with van der Waals surface area (Å²) in [5, 5.41) is 2.99. The van der Waals surface area contributed by atoms with Crippen LogP contribution in [-0.4, -0.2) is 16.1 Å². The van der Waals surface area contributed by atoms with Crippen LogP contribution in [0.5, 0.6) is 0 Å². The monoisotopic (exact) mass is 278 g/mol. The van der Waals surface area contributed by atoms with Crippen LogP contribution in [-0.2, 0) is 6.54 Å². The Bertz CT molecular complexity index is 580. The molecule has 0 aliphatic rings. The molecule has 0 saturated heterocycles. The lowest BCUT2D eigenvalue weighted by Gasteiger charge is -2.13. The molecule has 0 bridgehead atoms. The van der Waals surface area contributed by atoms with Gasteiger partial charge in [0.2, 0.25) is 0 Å². The first kappa shape index (κ1) is 15.9. The number of nitrogen functional groups attached to an aromatic ring is 1. The van der Waals surface area contributed by atoms with E-state index in [0.717, 1.165) is 25.7 Å². The minimum atomic E-state index is -0.475. The summed E-state index contributed by atoms with van der Waals surface area (Å²) in [6.45, 7) is 3.13. The highest BCUT2D eigenvalue weighted by Crippen LogP contribution is 2.11. The molecule has 0 aromatic carbocycles. The summed E-state index contributed by atoms with van der Waals surface area (Å²) in [5.41, 5.74) is 5.25. The van der Waals surface area contributed by atoms with E-state index in [9.17, 15) is 9.59 Å². The molecule has 1 aromatic heterocycles. The van der Waals surface area contributed by atoms with Crippen LogP contribution >= 0.6 is 0 Å². The maximum atomic E-state index is 11.8. The Morgan fingerprint density at radius 1 is 1.35 bits per heavy atom.